The molecular weight excluding hydrogens is 280 g/mol. The van der Waals surface area contributed by atoms with Crippen molar-refractivity contribution in [2.24, 2.45) is 0 Å². The third-order valence-corrected chi connectivity index (χ3v) is 5.27. The van der Waals surface area contributed by atoms with E-state index in [2.05, 4.69) is 10.4 Å². The molecule has 2 aromatic rings. The van der Waals surface area contributed by atoms with Crippen LogP contribution in [0.15, 0.2) is 29.6 Å². The quantitative estimate of drug-likeness (QED) is 0.845. The van der Waals surface area contributed by atoms with E-state index < -0.39 is 0 Å². The molecule has 21 heavy (non-hydrogen) atoms. The molecule has 3 nitrogen and oxygen atoms in total. The van der Waals surface area contributed by atoms with Crippen LogP contribution in [0.25, 0.3) is 0 Å². The number of carbonyl (C=O) groups is 1. The maximum absolute atomic E-state index is 12.6. The van der Waals surface area contributed by atoms with Crippen LogP contribution in [0.5, 0.6) is 0 Å². The van der Waals surface area contributed by atoms with E-state index in [0.29, 0.717) is 5.92 Å². The summed E-state index contributed by atoms with van der Waals surface area (Å²) in [5.41, 5.74) is 3.00. The summed E-state index contributed by atoms with van der Waals surface area (Å²) >= 11 is 1.75. The molecule has 110 valence electrons. The van der Waals surface area contributed by atoms with Crippen LogP contribution < -0.4 is 0 Å². The van der Waals surface area contributed by atoms with Gasteiger partial charge in [-0.15, -0.1) is 11.3 Å². The largest absolute Gasteiger partial charge is 0.339 e. The SMILES string of the molecule is Cc1csc(C2CCN(C(=O)c3ccccc3C)CC2)n1. The average molecular weight is 300 g/mol. The first-order valence-corrected chi connectivity index (χ1v) is 8.30. The summed E-state index contributed by atoms with van der Waals surface area (Å²) in [5, 5.41) is 3.34. The first-order chi connectivity index (χ1) is 10.1. The fourth-order valence-corrected chi connectivity index (χ4v) is 3.84. The normalized spacial score (nSPS) is 16.2. The van der Waals surface area contributed by atoms with Gasteiger partial charge in [-0.25, -0.2) is 4.98 Å². The fraction of sp³-hybridized carbons (Fsp3) is 0.412. The van der Waals surface area contributed by atoms with E-state index in [0.717, 1.165) is 42.8 Å². The number of aryl methyl sites for hydroxylation is 2. The summed E-state index contributed by atoms with van der Waals surface area (Å²) in [6, 6.07) is 7.83. The highest BCUT2D eigenvalue weighted by atomic mass is 32.1. The van der Waals surface area contributed by atoms with E-state index in [-0.39, 0.29) is 5.91 Å². The highest BCUT2D eigenvalue weighted by molar-refractivity contribution is 7.09. The Labute approximate surface area is 129 Å². The Morgan fingerprint density at radius 3 is 2.57 bits per heavy atom. The third kappa shape index (κ3) is 3.00. The molecule has 0 saturated carbocycles. The average Bonchev–Trinajstić information content (AvgIpc) is 2.94. The number of likely N-dealkylation sites (tertiary alicyclic amines) is 1. The van der Waals surface area contributed by atoms with Crippen molar-refractivity contribution < 1.29 is 4.79 Å². The number of piperidine rings is 1. The molecule has 1 amide bonds. The second kappa shape index (κ2) is 5.98. The molecule has 0 N–H and O–H groups in total. The van der Waals surface area contributed by atoms with Gasteiger partial charge in [-0.3, -0.25) is 4.79 Å². The number of rotatable bonds is 2. The van der Waals surface area contributed by atoms with E-state index in [9.17, 15) is 4.79 Å². The molecule has 0 radical (unpaired) electrons. The lowest BCUT2D eigenvalue weighted by Gasteiger charge is -2.31. The van der Waals surface area contributed by atoms with Gasteiger partial charge in [0.15, 0.2) is 0 Å². The van der Waals surface area contributed by atoms with E-state index in [1.54, 1.807) is 11.3 Å². The lowest BCUT2D eigenvalue weighted by atomic mass is 9.96. The van der Waals surface area contributed by atoms with Crippen LogP contribution in [-0.2, 0) is 0 Å². The Balaban J connectivity index is 1.66. The first kappa shape index (κ1) is 14.3. The zero-order valence-electron chi connectivity index (χ0n) is 12.5. The Hall–Kier alpha value is -1.68. The van der Waals surface area contributed by atoms with Crippen LogP contribution in [0, 0.1) is 13.8 Å². The van der Waals surface area contributed by atoms with Gasteiger partial charge in [-0.2, -0.15) is 0 Å². The Morgan fingerprint density at radius 2 is 1.95 bits per heavy atom. The standard InChI is InChI=1S/C17H20N2OS/c1-12-5-3-4-6-15(12)17(20)19-9-7-14(8-10-19)16-18-13(2)11-21-16/h3-6,11,14H,7-10H2,1-2H3. The lowest BCUT2D eigenvalue weighted by Crippen LogP contribution is -2.38. The number of benzene rings is 1. The predicted molar refractivity (Wildman–Crippen MR) is 85.9 cm³/mol. The topological polar surface area (TPSA) is 33.2 Å². The Bertz CT molecular complexity index is 642. The van der Waals surface area contributed by atoms with Gasteiger partial charge in [-0.05, 0) is 38.3 Å². The minimum absolute atomic E-state index is 0.168. The number of nitrogens with zero attached hydrogens (tertiary/aromatic N) is 2. The van der Waals surface area contributed by atoms with Crippen molar-refractivity contribution in [3.8, 4) is 0 Å². The highest BCUT2D eigenvalue weighted by Crippen LogP contribution is 2.30. The van der Waals surface area contributed by atoms with Crippen molar-refractivity contribution in [2.75, 3.05) is 13.1 Å². The number of hydrogen-bond donors (Lipinski definition) is 0. The molecule has 3 rings (SSSR count). The summed E-state index contributed by atoms with van der Waals surface area (Å²) in [6.45, 7) is 5.70. The molecule has 0 bridgehead atoms. The lowest BCUT2D eigenvalue weighted by molar-refractivity contribution is 0.0712. The van der Waals surface area contributed by atoms with Crippen LogP contribution in [0.2, 0.25) is 0 Å². The number of hydrogen-bond acceptors (Lipinski definition) is 3. The van der Waals surface area contributed by atoms with Crippen LogP contribution in [-0.4, -0.2) is 28.9 Å². The minimum atomic E-state index is 0.168. The molecule has 1 aliphatic rings. The maximum Gasteiger partial charge on any atom is 0.254 e. The van der Waals surface area contributed by atoms with Gasteiger partial charge < -0.3 is 4.90 Å². The van der Waals surface area contributed by atoms with Crippen molar-refractivity contribution >= 4 is 17.2 Å². The maximum atomic E-state index is 12.6. The van der Waals surface area contributed by atoms with Gasteiger partial charge >= 0.3 is 0 Å². The van der Waals surface area contributed by atoms with Crippen LogP contribution in [0.1, 0.15) is 45.4 Å². The summed E-state index contributed by atoms with van der Waals surface area (Å²) in [6.07, 6.45) is 2.04. The summed E-state index contributed by atoms with van der Waals surface area (Å²) in [7, 11) is 0. The molecule has 1 aliphatic heterocycles. The Morgan fingerprint density at radius 1 is 1.24 bits per heavy atom. The number of carbonyl (C=O) groups excluding carboxylic acids is 1. The molecule has 0 atom stereocenters. The predicted octanol–water partition coefficient (Wildman–Crippen LogP) is 3.78. The molecule has 0 aliphatic carbocycles. The van der Waals surface area contributed by atoms with E-state index in [1.807, 2.05) is 43.0 Å². The van der Waals surface area contributed by atoms with Crippen LogP contribution in [0.4, 0.5) is 0 Å². The smallest absolute Gasteiger partial charge is 0.254 e. The van der Waals surface area contributed by atoms with Crippen molar-refractivity contribution in [1.82, 2.24) is 9.88 Å². The van der Waals surface area contributed by atoms with Crippen LogP contribution in [0.3, 0.4) is 0 Å². The van der Waals surface area contributed by atoms with E-state index in [1.165, 1.54) is 5.01 Å². The van der Waals surface area contributed by atoms with Gasteiger partial charge in [0.1, 0.15) is 0 Å². The van der Waals surface area contributed by atoms with E-state index >= 15 is 0 Å². The molecular formula is C17H20N2OS. The molecule has 1 aromatic carbocycles. The second-order valence-electron chi connectivity index (χ2n) is 5.71. The third-order valence-electron chi connectivity index (χ3n) is 4.14. The highest BCUT2D eigenvalue weighted by Gasteiger charge is 2.26. The van der Waals surface area contributed by atoms with Crippen molar-refractivity contribution in [3.05, 3.63) is 51.5 Å². The zero-order valence-corrected chi connectivity index (χ0v) is 13.3. The van der Waals surface area contributed by atoms with Gasteiger partial charge in [-0.1, -0.05) is 18.2 Å². The summed E-state index contributed by atoms with van der Waals surface area (Å²) < 4.78 is 0. The monoisotopic (exact) mass is 300 g/mol. The van der Waals surface area contributed by atoms with Gasteiger partial charge in [0.25, 0.3) is 5.91 Å². The molecule has 4 heteroatoms. The first-order valence-electron chi connectivity index (χ1n) is 7.42. The number of thiazole rings is 1. The number of amides is 1. The van der Waals surface area contributed by atoms with Gasteiger partial charge in [0.05, 0.1) is 5.01 Å². The summed E-state index contributed by atoms with van der Waals surface area (Å²) in [5.74, 6) is 0.687. The zero-order chi connectivity index (χ0) is 14.8. The molecule has 1 aromatic heterocycles. The van der Waals surface area contributed by atoms with Crippen molar-refractivity contribution in [3.63, 3.8) is 0 Å². The molecule has 0 unspecified atom stereocenters. The second-order valence-corrected chi connectivity index (χ2v) is 6.60. The van der Waals surface area contributed by atoms with Crippen molar-refractivity contribution in [2.45, 2.75) is 32.6 Å². The minimum Gasteiger partial charge on any atom is -0.339 e. The molecule has 1 saturated heterocycles. The summed E-state index contributed by atoms with van der Waals surface area (Å²) in [4.78, 5) is 19.2. The number of aromatic nitrogens is 1. The molecule has 2 heterocycles. The fourth-order valence-electron chi connectivity index (χ4n) is 2.87. The van der Waals surface area contributed by atoms with Gasteiger partial charge in [0.2, 0.25) is 0 Å². The Kier molecular flexibility index (Phi) is 4.06. The van der Waals surface area contributed by atoms with Crippen LogP contribution >= 0.6 is 11.3 Å². The molecule has 1 fully saturated rings. The van der Waals surface area contributed by atoms with Gasteiger partial charge in [0, 0.05) is 35.6 Å². The molecule has 0 spiro atoms. The van der Waals surface area contributed by atoms with E-state index in [4.69, 9.17) is 0 Å². The van der Waals surface area contributed by atoms with Crippen molar-refractivity contribution in [1.29, 1.82) is 0 Å².